The van der Waals surface area contributed by atoms with Gasteiger partial charge < -0.3 is 15.4 Å². The van der Waals surface area contributed by atoms with Gasteiger partial charge in [0.15, 0.2) is 0 Å². The second-order valence-electron chi connectivity index (χ2n) is 4.41. The van der Waals surface area contributed by atoms with Crippen LogP contribution in [0, 0.1) is 6.92 Å². The van der Waals surface area contributed by atoms with Crippen LogP contribution in [-0.4, -0.2) is 32.2 Å². The molecule has 0 radical (unpaired) electrons. The summed E-state index contributed by atoms with van der Waals surface area (Å²) >= 11 is 0. The minimum Gasteiger partial charge on any atom is -0.465 e. The maximum atomic E-state index is 11.4. The molecule has 100 valence electrons. The molecule has 0 amide bonds. The molecule has 0 saturated carbocycles. The third kappa shape index (κ3) is 4.37. The van der Waals surface area contributed by atoms with E-state index in [2.05, 4.69) is 24.0 Å². The van der Waals surface area contributed by atoms with E-state index in [0.29, 0.717) is 13.0 Å². The highest BCUT2D eigenvalue weighted by Gasteiger charge is 2.15. The van der Waals surface area contributed by atoms with Gasteiger partial charge in [0.25, 0.3) is 0 Å². The van der Waals surface area contributed by atoms with Crippen molar-refractivity contribution in [1.29, 1.82) is 0 Å². The molecule has 0 saturated heterocycles. The van der Waals surface area contributed by atoms with Crippen molar-refractivity contribution in [3.63, 3.8) is 0 Å². The van der Waals surface area contributed by atoms with E-state index in [9.17, 15) is 4.79 Å². The topological polar surface area (TPSA) is 55.6 Å². The highest BCUT2D eigenvalue weighted by atomic mass is 16.5. The average molecular weight is 250 g/mol. The summed E-state index contributed by atoms with van der Waals surface area (Å²) in [6.07, 6.45) is 0.587. The van der Waals surface area contributed by atoms with Gasteiger partial charge >= 0.3 is 5.97 Å². The molecule has 0 bridgehead atoms. The molecule has 0 heterocycles. The number of nitrogens with zero attached hydrogens (tertiary/aromatic N) is 1. The summed E-state index contributed by atoms with van der Waals surface area (Å²) < 4.78 is 4.88. The lowest BCUT2D eigenvalue weighted by Crippen LogP contribution is -2.36. The van der Waals surface area contributed by atoms with Gasteiger partial charge in [-0.15, -0.1) is 0 Å². The summed E-state index contributed by atoms with van der Waals surface area (Å²) in [5, 5.41) is 0. The van der Waals surface area contributed by atoms with Crippen LogP contribution in [0.1, 0.15) is 18.9 Å². The average Bonchev–Trinajstić information content (AvgIpc) is 2.35. The lowest BCUT2D eigenvalue weighted by molar-refractivity contribution is -0.144. The molecule has 18 heavy (non-hydrogen) atoms. The number of hydrogen-bond acceptors (Lipinski definition) is 4. The smallest absolute Gasteiger partial charge is 0.322 e. The van der Waals surface area contributed by atoms with Gasteiger partial charge in [-0.1, -0.05) is 12.1 Å². The molecule has 0 spiro atoms. The van der Waals surface area contributed by atoms with Crippen molar-refractivity contribution in [1.82, 2.24) is 0 Å². The molecular formula is C14H22N2O2. The Bertz CT molecular complexity index is 393. The summed E-state index contributed by atoms with van der Waals surface area (Å²) in [5.74, 6) is -0.324. The Hall–Kier alpha value is -1.55. The molecule has 1 unspecified atom stereocenters. The minimum atomic E-state index is -0.544. The summed E-state index contributed by atoms with van der Waals surface area (Å²) in [6.45, 7) is 4.94. The second-order valence-corrected chi connectivity index (χ2v) is 4.41. The number of ether oxygens (including phenoxy) is 1. The van der Waals surface area contributed by atoms with Crippen LogP contribution in [0.15, 0.2) is 24.3 Å². The fraction of sp³-hybridized carbons (Fsp3) is 0.500. The molecule has 2 N–H and O–H groups in total. The molecule has 0 aliphatic heterocycles. The predicted octanol–water partition coefficient (Wildman–Crippen LogP) is 1.71. The van der Waals surface area contributed by atoms with Gasteiger partial charge in [0.05, 0.1) is 6.61 Å². The van der Waals surface area contributed by atoms with Crippen molar-refractivity contribution in [2.75, 3.05) is 25.1 Å². The molecule has 1 aromatic carbocycles. The van der Waals surface area contributed by atoms with Gasteiger partial charge in [-0.2, -0.15) is 0 Å². The number of benzene rings is 1. The van der Waals surface area contributed by atoms with Crippen LogP contribution in [-0.2, 0) is 9.53 Å². The van der Waals surface area contributed by atoms with E-state index in [1.54, 1.807) is 6.92 Å². The summed E-state index contributed by atoms with van der Waals surface area (Å²) in [5.41, 5.74) is 8.11. The van der Waals surface area contributed by atoms with Crippen molar-refractivity contribution in [2.45, 2.75) is 26.3 Å². The Morgan fingerprint density at radius 3 is 2.83 bits per heavy atom. The van der Waals surface area contributed by atoms with E-state index in [1.165, 1.54) is 5.56 Å². The number of hydrogen-bond donors (Lipinski definition) is 1. The van der Waals surface area contributed by atoms with E-state index in [1.807, 2.05) is 19.2 Å². The number of nitrogens with two attached hydrogens (primary N) is 1. The first-order chi connectivity index (χ1) is 8.54. The van der Waals surface area contributed by atoms with E-state index in [0.717, 1.165) is 12.2 Å². The summed E-state index contributed by atoms with van der Waals surface area (Å²) in [6, 6.07) is 7.68. The van der Waals surface area contributed by atoms with Gasteiger partial charge in [-0.05, 0) is 38.0 Å². The first kappa shape index (κ1) is 14.5. The third-order valence-electron chi connectivity index (χ3n) is 2.81. The summed E-state index contributed by atoms with van der Waals surface area (Å²) in [4.78, 5) is 13.5. The van der Waals surface area contributed by atoms with Gasteiger partial charge in [0.1, 0.15) is 6.04 Å². The number of carbonyl (C=O) groups is 1. The quantitative estimate of drug-likeness (QED) is 0.781. The molecule has 0 fully saturated rings. The zero-order chi connectivity index (χ0) is 13.5. The maximum Gasteiger partial charge on any atom is 0.322 e. The van der Waals surface area contributed by atoms with E-state index >= 15 is 0 Å². The van der Waals surface area contributed by atoms with Crippen molar-refractivity contribution in [3.8, 4) is 0 Å². The molecule has 0 aliphatic rings. The van der Waals surface area contributed by atoms with Gasteiger partial charge in [0, 0.05) is 19.3 Å². The van der Waals surface area contributed by atoms with Crippen LogP contribution >= 0.6 is 0 Å². The number of carbonyl (C=O) groups excluding carboxylic acids is 1. The van der Waals surface area contributed by atoms with E-state index < -0.39 is 6.04 Å². The highest BCUT2D eigenvalue weighted by molar-refractivity contribution is 5.75. The van der Waals surface area contributed by atoms with Crippen LogP contribution in [0.3, 0.4) is 0 Å². The first-order valence-electron chi connectivity index (χ1n) is 6.24. The van der Waals surface area contributed by atoms with Crippen molar-refractivity contribution >= 4 is 11.7 Å². The van der Waals surface area contributed by atoms with Crippen LogP contribution in [0.2, 0.25) is 0 Å². The fourth-order valence-corrected chi connectivity index (χ4v) is 1.69. The van der Waals surface area contributed by atoms with Crippen LogP contribution in [0.5, 0.6) is 0 Å². The zero-order valence-corrected chi connectivity index (χ0v) is 11.3. The summed E-state index contributed by atoms with van der Waals surface area (Å²) in [7, 11) is 1.99. The number of anilines is 1. The molecule has 0 aromatic heterocycles. The Morgan fingerprint density at radius 1 is 1.50 bits per heavy atom. The third-order valence-corrected chi connectivity index (χ3v) is 2.81. The van der Waals surface area contributed by atoms with Crippen LogP contribution in [0.4, 0.5) is 5.69 Å². The monoisotopic (exact) mass is 250 g/mol. The SMILES string of the molecule is CCOC(=O)C(N)CCN(C)c1cccc(C)c1. The molecular weight excluding hydrogens is 228 g/mol. The Morgan fingerprint density at radius 2 is 2.22 bits per heavy atom. The van der Waals surface area contributed by atoms with E-state index in [4.69, 9.17) is 10.5 Å². The predicted molar refractivity (Wildman–Crippen MR) is 73.7 cm³/mol. The van der Waals surface area contributed by atoms with Crippen LogP contribution in [0.25, 0.3) is 0 Å². The standard InChI is InChI=1S/C14H22N2O2/c1-4-18-14(17)13(15)8-9-16(3)12-7-5-6-11(2)10-12/h5-7,10,13H,4,8-9,15H2,1-3H3. The van der Waals surface area contributed by atoms with E-state index in [-0.39, 0.29) is 5.97 Å². The zero-order valence-electron chi connectivity index (χ0n) is 11.3. The van der Waals surface area contributed by atoms with Crippen molar-refractivity contribution < 1.29 is 9.53 Å². The molecule has 4 nitrogen and oxygen atoms in total. The lowest BCUT2D eigenvalue weighted by atomic mass is 10.2. The molecule has 1 aromatic rings. The lowest BCUT2D eigenvalue weighted by Gasteiger charge is -2.21. The van der Waals surface area contributed by atoms with Crippen molar-refractivity contribution in [3.05, 3.63) is 29.8 Å². The normalized spacial score (nSPS) is 12.0. The largest absolute Gasteiger partial charge is 0.465 e. The van der Waals surface area contributed by atoms with Gasteiger partial charge in [0.2, 0.25) is 0 Å². The maximum absolute atomic E-state index is 11.4. The van der Waals surface area contributed by atoms with Gasteiger partial charge in [-0.3, -0.25) is 4.79 Å². The molecule has 0 aliphatic carbocycles. The first-order valence-corrected chi connectivity index (χ1v) is 6.24. The minimum absolute atomic E-state index is 0.324. The van der Waals surface area contributed by atoms with Crippen LogP contribution < -0.4 is 10.6 Å². The highest BCUT2D eigenvalue weighted by Crippen LogP contribution is 2.14. The number of rotatable bonds is 6. The van der Waals surface area contributed by atoms with Gasteiger partial charge in [-0.25, -0.2) is 0 Å². The fourth-order valence-electron chi connectivity index (χ4n) is 1.69. The molecule has 1 rings (SSSR count). The molecule has 1 atom stereocenters. The van der Waals surface area contributed by atoms with Crippen molar-refractivity contribution in [2.24, 2.45) is 5.73 Å². The number of aryl methyl sites for hydroxylation is 1. The Kier molecular flexibility index (Phi) is 5.65. The number of esters is 1. The Labute approximate surface area is 109 Å². The molecule has 4 heteroatoms. The second kappa shape index (κ2) is 7.01. The Balaban J connectivity index is 2.46.